The normalized spacial score (nSPS) is 14.9. The van der Waals surface area contributed by atoms with E-state index in [1.54, 1.807) is 43.3 Å². The summed E-state index contributed by atoms with van der Waals surface area (Å²) in [6.45, 7) is 3.11. The van der Waals surface area contributed by atoms with E-state index in [0.29, 0.717) is 5.56 Å². The molecular formula is C19H24N2O4. The van der Waals surface area contributed by atoms with E-state index in [1.807, 2.05) is 24.3 Å². The SMILES string of the molecule is COC(=O)[C@](C)(N)c1ccccc1.C[C@](N)(C(=O)O)c1ccccc1. The van der Waals surface area contributed by atoms with Crippen LogP contribution in [0.1, 0.15) is 25.0 Å². The summed E-state index contributed by atoms with van der Waals surface area (Å²) in [5.74, 6) is -1.45. The molecule has 0 saturated heterocycles. The monoisotopic (exact) mass is 344 g/mol. The molecule has 0 aliphatic rings. The number of carbonyl (C=O) groups excluding carboxylic acids is 1. The molecular weight excluding hydrogens is 320 g/mol. The van der Waals surface area contributed by atoms with Crippen molar-refractivity contribution in [1.29, 1.82) is 0 Å². The maximum Gasteiger partial charge on any atom is 0.330 e. The van der Waals surface area contributed by atoms with Crippen LogP contribution in [0.4, 0.5) is 0 Å². The highest BCUT2D eigenvalue weighted by atomic mass is 16.5. The summed E-state index contributed by atoms with van der Waals surface area (Å²) >= 11 is 0. The maximum absolute atomic E-state index is 11.3. The number of carboxylic acid groups (broad SMARTS) is 1. The minimum atomic E-state index is -1.29. The first-order chi connectivity index (χ1) is 11.6. The van der Waals surface area contributed by atoms with E-state index in [4.69, 9.17) is 16.6 Å². The lowest BCUT2D eigenvalue weighted by atomic mass is 9.94. The van der Waals surface area contributed by atoms with Crippen molar-refractivity contribution in [3.63, 3.8) is 0 Å². The van der Waals surface area contributed by atoms with E-state index >= 15 is 0 Å². The Labute approximate surface area is 147 Å². The molecule has 2 aromatic rings. The molecule has 0 unspecified atom stereocenters. The number of esters is 1. The molecule has 2 aromatic carbocycles. The summed E-state index contributed by atoms with van der Waals surface area (Å²) in [6, 6.07) is 17.9. The van der Waals surface area contributed by atoms with Gasteiger partial charge in [-0.05, 0) is 25.0 Å². The highest BCUT2D eigenvalue weighted by Gasteiger charge is 2.31. The second-order valence-corrected chi connectivity index (χ2v) is 5.93. The number of benzene rings is 2. The van der Waals surface area contributed by atoms with Crippen molar-refractivity contribution in [3.05, 3.63) is 71.8 Å². The van der Waals surface area contributed by atoms with E-state index in [9.17, 15) is 9.59 Å². The van der Waals surface area contributed by atoms with Gasteiger partial charge in [0.2, 0.25) is 0 Å². The molecule has 134 valence electrons. The fourth-order valence-corrected chi connectivity index (χ4v) is 2.02. The van der Waals surface area contributed by atoms with Crippen molar-refractivity contribution in [2.24, 2.45) is 11.5 Å². The first-order valence-corrected chi connectivity index (χ1v) is 7.64. The molecule has 25 heavy (non-hydrogen) atoms. The zero-order valence-electron chi connectivity index (χ0n) is 14.6. The Balaban J connectivity index is 0.000000251. The third-order valence-electron chi connectivity index (χ3n) is 3.80. The zero-order chi connectivity index (χ0) is 19.1. The van der Waals surface area contributed by atoms with Crippen molar-refractivity contribution in [2.75, 3.05) is 7.11 Å². The molecule has 0 spiro atoms. The predicted molar refractivity (Wildman–Crippen MR) is 95.6 cm³/mol. The summed E-state index contributed by atoms with van der Waals surface area (Å²) in [5.41, 5.74) is 10.4. The third-order valence-corrected chi connectivity index (χ3v) is 3.80. The molecule has 2 rings (SSSR count). The summed E-state index contributed by atoms with van der Waals surface area (Å²) in [7, 11) is 1.33. The summed E-state index contributed by atoms with van der Waals surface area (Å²) in [5, 5.41) is 8.77. The summed E-state index contributed by atoms with van der Waals surface area (Å²) in [6.07, 6.45) is 0. The number of rotatable bonds is 4. The van der Waals surface area contributed by atoms with Gasteiger partial charge in [0.15, 0.2) is 0 Å². The molecule has 6 heteroatoms. The topological polar surface area (TPSA) is 116 Å². The van der Waals surface area contributed by atoms with Crippen LogP contribution < -0.4 is 11.5 Å². The molecule has 0 aliphatic heterocycles. The Bertz CT molecular complexity index is 698. The molecule has 0 saturated carbocycles. The van der Waals surface area contributed by atoms with Crippen LogP contribution in [0.25, 0.3) is 0 Å². The molecule has 0 radical (unpaired) electrons. The average molecular weight is 344 g/mol. The molecule has 0 bridgehead atoms. The Morgan fingerprint density at radius 2 is 1.20 bits per heavy atom. The Morgan fingerprint density at radius 3 is 1.52 bits per heavy atom. The van der Waals surface area contributed by atoms with Crippen molar-refractivity contribution >= 4 is 11.9 Å². The lowest BCUT2D eigenvalue weighted by Crippen LogP contribution is -2.42. The molecule has 0 aliphatic carbocycles. The van der Waals surface area contributed by atoms with Crippen LogP contribution in [0, 0.1) is 0 Å². The largest absolute Gasteiger partial charge is 0.480 e. The Morgan fingerprint density at radius 1 is 0.840 bits per heavy atom. The number of hydrogen-bond donors (Lipinski definition) is 3. The fourth-order valence-electron chi connectivity index (χ4n) is 2.02. The molecule has 0 aromatic heterocycles. The number of hydrogen-bond acceptors (Lipinski definition) is 5. The first kappa shape index (κ1) is 20.3. The number of carbonyl (C=O) groups is 2. The lowest BCUT2D eigenvalue weighted by Gasteiger charge is -2.21. The second-order valence-electron chi connectivity index (χ2n) is 5.93. The van der Waals surface area contributed by atoms with E-state index in [1.165, 1.54) is 14.0 Å². The minimum absolute atomic E-state index is 0.432. The van der Waals surface area contributed by atoms with Gasteiger partial charge >= 0.3 is 11.9 Å². The molecule has 0 fully saturated rings. The van der Waals surface area contributed by atoms with Crippen LogP contribution in [0.3, 0.4) is 0 Å². The van der Waals surface area contributed by atoms with Gasteiger partial charge in [0.25, 0.3) is 0 Å². The zero-order valence-corrected chi connectivity index (χ0v) is 14.6. The number of aliphatic carboxylic acids is 1. The Kier molecular flexibility index (Phi) is 6.85. The van der Waals surface area contributed by atoms with Crippen LogP contribution in [0.2, 0.25) is 0 Å². The maximum atomic E-state index is 11.3. The van der Waals surface area contributed by atoms with E-state index in [2.05, 4.69) is 4.74 Å². The average Bonchev–Trinajstić information content (AvgIpc) is 2.62. The lowest BCUT2D eigenvalue weighted by molar-refractivity contribution is -0.146. The predicted octanol–water partition coefficient (Wildman–Crippen LogP) is 1.98. The summed E-state index contributed by atoms with van der Waals surface area (Å²) in [4.78, 5) is 22.0. The molecule has 6 nitrogen and oxygen atoms in total. The highest BCUT2D eigenvalue weighted by Crippen LogP contribution is 2.18. The van der Waals surface area contributed by atoms with Crippen molar-refractivity contribution in [3.8, 4) is 0 Å². The number of methoxy groups -OCH3 is 1. The first-order valence-electron chi connectivity index (χ1n) is 7.64. The number of carboxylic acids is 1. The smallest absolute Gasteiger partial charge is 0.330 e. The molecule has 5 N–H and O–H groups in total. The molecule has 0 heterocycles. The van der Waals surface area contributed by atoms with Crippen molar-refractivity contribution in [2.45, 2.75) is 24.9 Å². The van der Waals surface area contributed by atoms with Crippen molar-refractivity contribution < 1.29 is 19.4 Å². The molecule has 2 atom stereocenters. The highest BCUT2D eigenvalue weighted by molar-refractivity contribution is 5.81. The quantitative estimate of drug-likeness (QED) is 0.730. The van der Waals surface area contributed by atoms with Crippen LogP contribution in [0.5, 0.6) is 0 Å². The number of nitrogens with two attached hydrogens (primary N) is 2. The van der Waals surface area contributed by atoms with Crippen LogP contribution >= 0.6 is 0 Å². The van der Waals surface area contributed by atoms with Gasteiger partial charge in [-0.1, -0.05) is 60.7 Å². The van der Waals surface area contributed by atoms with E-state index in [-0.39, 0.29) is 0 Å². The van der Waals surface area contributed by atoms with Gasteiger partial charge < -0.3 is 21.3 Å². The Hall–Kier alpha value is -2.70. The van der Waals surface area contributed by atoms with Gasteiger partial charge in [0.05, 0.1) is 7.11 Å². The van der Waals surface area contributed by atoms with Crippen molar-refractivity contribution in [1.82, 2.24) is 0 Å². The standard InChI is InChI=1S/C10H13NO2.C9H11NO2/c1-10(11,9(12)13-2)8-6-4-3-5-7-8;1-9(10,8(11)12)7-5-3-2-4-6-7/h3-7H,11H2,1-2H3;2-6H,10H2,1H3,(H,11,12)/t10-;9-/m11/s1. The van der Waals surface area contributed by atoms with E-state index in [0.717, 1.165) is 5.56 Å². The van der Waals surface area contributed by atoms with Crippen LogP contribution in [-0.2, 0) is 25.4 Å². The molecule has 0 amide bonds. The van der Waals surface area contributed by atoms with Crippen LogP contribution in [-0.4, -0.2) is 24.2 Å². The third kappa shape index (κ3) is 5.14. The van der Waals surface area contributed by atoms with Gasteiger partial charge in [0.1, 0.15) is 11.1 Å². The van der Waals surface area contributed by atoms with Gasteiger partial charge in [-0.15, -0.1) is 0 Å². The van der Waals surface area contributed by atoms with E-state index < -0.39 is 23.0 Å². The van der Waals surface area contributed by atoms with Gasteiger partial charge in [0, 0.05) is 0 Å². The van der Waals surface area contributed by atoms with Gasteiger partial charge in [-0.3, -0.25) is 0 Å². The fraction of sp³-hybridized carbons (Fsp3) is 0.263. The second kappa shape index (κ2) is 8.41. The number of ether oxygens (including phenoxy) is 1. The van der Waals surface area contributed by atoms with Gasteiger partial charge in [-0.2, -0.15) is 0 Å². The minimum Gasteiger partial charge on any atom is -0.480 e. The summed E-state index contributed by atoms with van der Waals surface area (Å²) < 4.78 is 4.61. The van der Waals surface area contributed by atoms with Gasteiger partial charge in [-0.25, -0.2) is 9.59 Å². The van der Waals surface area contributed by atoms with Crippen LogP contribution in [0.15, 0.2) is 60.7 Å².